The van der Waals surface area contributed by atoms with Crippen LogP contribution in [0.3, 0.4) is 0 Å². The predicted octanol–water partition coefficient (Wildman–Crippen LogP) is 3.66. The molecule has 1 aromatic carbocycles. The molecule has 0 bridgehead atoms. The molecule has 0 radical (unpaired) electrons. The average Bonchev–Trinajstić information content (AvgIpc) is 2.35. The molecule has 0 saturated carbocycles. The number of nitrogens with zero attached hydrogens (tertiary/aromatic N) is 1. The van der Waals surface area contributed by atoms with Gasteiger partial charge in [-0.2, -0.15) is 11.8 Å². The van der Waals surface area contributed by atoms with Gasteiger partial charge in [-0.1, -0.05) is 22.9 Å². The molecule has 0 saturated heterocycles. The van der Waals surface area contributed by atoms with E-state index in [1.807, 2.05) is 36.2 Å². The van der Waals surface area contributed by atoms with Gasteiger partial charge < -0.3 is 4.90 Å². The minimum Gasteiger partial charge on any atom is -0.338 e. The molecule has 2 nitrogen and oxygen atoms in total. The molecular weight excluding hydrogens is 298 g/mol. The first-order valence-electron chi connectivity index (χ1n) is 5.61. The highest BCUT2D eigenvalue weighted by atomic mass is 79.9. The molecular formula is C13H18BrNOS. The van der Waals surface area contributed by atoms with E-state index in [4.69, 9.17) is 0 Å². The van der Waals surface area contributed by atoms with Crippen molar-refractivity contribution in [2.45, 2.75) is 19.4 Å². The van der Waals surface area contributed by atoms with Gasteiger partial charge in [0.1, 0.15) is 0 Å². The van der Waals surface area contributed by atoms with E-state index in [1.54, 1.807) is 11.8 Å². The van der Waals surface area contributed by atoms with Crippen LogP contribution in [0.5, 0.6) is 0 Å². The first-order valence-corrected chi connectivity index (χ1v) is 7.80. The zero-order chi connectivity index (χ0) is 12.8. The molecule has 0 aromatic heterocycles. The lowest BCUT2D eigenvalue weighted by atomic mass is 10.1. The molecule has 0 heterocycles. The van der Waals surface area contributed by atoms with Crippen molar-refractivity contribution in [2.24, 2.45) is 0 Å². The monoisotopic (exact) mass is 315 g/mol. The van der Waals surface area contributed by atoms with Crippen LogP contribution in [0.1, 0.15) is 23.7 Å². The molecule has 0 aliphatic heterocycles. The van der Waals surface area contributed by atoms with Crippen molar-refractivity contribution in [2.75, 3.05) is 19.1 Å². The third kappa shape index (κ3) is 4.03. The number of amides is 1. The molecule has 1 unspecified atom stereocenters. The first-order chi connectivity index (χ1) is 8.10. The lowest BCUT2D eigenvalue weighted by molar-refractivity contribution is 0.0743. The fraction of sp³-hybridized carbons (Fsp3) is 0.462. The summed E-state index contributed by atoms with van der Waals surface area (Å²) >= 11 is 5.15. The van der Waals surface area contributed by atoms with E-state index in [9.17, 15) is 4.79 Å². The van der Waals surface area contributed by atoms with Crippen molar-refractivity contribution in [1.29, 1.82) is 0 Å². The Morgan fingerprint density at radius 2 is 2.00 bits per heavy atom. The highest BCUT2D eigenvalue weighted by Gasteiger charge is 2.18. The number of hydrogen-bond donors (Lipinski definition) is 0. The average molecular weight is 316 g/mol. The van der Waals surface area contributed by atoms with Crippen molar-refractivity contribution in [3.63, 3.8) is 0 Å². The molecule has 0 N–H and O–H groups in total. The summed E-state index contributed by atoms with van der Waals surface area (Å²) in [6, 6.07) is 7.82. The van der Waals surface area contributed by atoms with Gasteiger partial charge in [0.25, 0.3) is 5.91 Å². The van der Waals surface area contributed by atoms with Crippen molar-refractivity contribution in [3.8, 4) is 0 Å². The van der Waals surface area contributed by atoms with Gasteiger partial charge in [0.15, 0.2) is 0 Å². The van der Waals surface area contributed by atoms with Gasteiger partial charge in [-0.3, -0.25) is 4.79 Å². The molecule has 1 aromatic rings. The van der Waals surface area contributed by atoms with E-state index >= 15 is 0 Å². The predicted molar refractivity (Wildman–Crippen MR) is 78.7 cm³/mol. The summed E-state index contributed by atoms with van der Waals surface area (Å²) in [6.07, 6.45) is 3.06. The highest BCUT2D eigenvalue weighted by molar-refractivity contribution is 9.10. The molecule has 4 heteroatoms. The largest absolute Gasteiger partial charge is 0.338 e. The SMILES string of the molecule is CCC(CSC)N(C)C(=O)c1ccc(Br)cc1. The first kappa shape index (κ1) is 14.6. The Hall–Kier alpha value is -0.480. The van der Waals surface area contributed by atoms with Gasteiger partial charge >= 0.3 is 0 Å². The number of carbonyl (C=O) groups is 1. The Labute approximate surface area is 116 Å². The summed E-state index contributed by atoms with van der Waals surface area (Å²) in [6.45, 7) is 2.12. The number of benzene rings is 1. The summed E-state index contributed by atoms with van der Waals surface area (Å²) in [5, 5.41) is 0. The second-order valence-corrected chi connectivity index (χ2v) is 5.77. The zero-order valence-electron chi connectivity index (χ0n) is 10.4. The van der Waals surface area contributed by atoms with E-state index in [2.05, 4.69) is 29.1 Å². The lowest BCUT2D eigenvalue weighted by Gasteiger charge is -2.26. The normalized spacial score (nSPS) is 12.2. The maximum absolute atomic E-state index is 12.2. The Morgan fingerprint density at radius 3 is 2.47 bits per heavy atom. The summed E-state index contributed by atoms with van der Waals surface area (Å²) in [7, 11) is 1.88. The van der Waals surface area contributed by atoms with E-state index < -0.39 is 0 Å². The van der Waals surface area contributed by atoms with Crippen LogP contribution in [0.15, 0.2) is 28.7 Å². The molecule has 94 valence electrons. The smallest absolute Gasteiger partial charge is 0.253 e. The minimum absolute atomic E-state index is 0.0957. The van der Waals surface area contributed by atoms with Crippen LogP contribution in [0.25, 0.3) is 0 Å². The topological polar surface area (TPSA) is 20.3 Å². The summed E-state index contributed by atoms with van der Waals surface area (Å²) in [5.74, 6) is 1.08. The summed E-state index contributed by atoms with van der Waals surface area (Å²) < 4.78 is 0.993. The molecule has 1 rings (SSSR count). The fourth-order valence-corrected chi connectivity index (χ4v) is 2.77. The zero-order valence-corrected chi connectivity index (χ0v) is 12.8. The summed E-state index contributed by atoms with van der Waals surface area (Å²) in [5.41, 5.74) is 0.746. The van der Waals surface area contributed by atoms with Crippen LogP contribution in [-0.4, -0.2) is 35.9 Å². The Morgan fingerprint density at radius 1 is 1.41 bits per heavy atom. The number of carbonyl (C=O) groups excluding carboxylic acids is 1. The van der Waals surface area contributed by atoms with Crippen molar-refractivity contribution in [1.82, 2.24) is 4.90 Å². The van der Waals surface area contributed by atoms with Crippen LogP contribution in [-0.2, 0) is 0 Å². The van der Waals surface area contributed by atoms with E-state index in [1.165, 1.54) is 0 Å². The number of halogens is 1. The fourth-order valence-electron chi connectivity index (χ4n) is 1.66. The number of thioether (sulfide) groups is 1. The van der Waals surface area contributed by atoms with Gasteiger partial charge in [0, 0.05) is 28.9 Å². The molecule has 1 amide bonds. The molecule has 0 aliphatic rings. The number of hydrogen-bond acceptors (Lipinski definition) is 2. The highest BCUT2D eigenvalue weighted by Crippen LogP contribution is 2.15. The standard InChI is InChI=1S/C13H18BrNOS/c1-4-12(9-17-3)15(2)13(16)10-5-7-11(14)8-6-10/h5-8,12H,4,9H2,1-3H3. The molecule has 0 fully saturated rings. The molecule has 17 heavy (non-hydrogen) atoms. The Balaban J connectivity index is 2.77. The second kappa shape index (κ2) is 7.07. The van der Waals surface area contributed by atoms with Crippen molar-refractivity contribution >= 4 is 33.6 Å². The quantitative estimate of drug-likeness (QED) is 0.826. The second-order valence-electron chi connectivity index (χ2n) is 3.94. The minimum atomic E-state index is 0.0957. The Kier molecular flexibility index (Phi) is 6.06. The van der Waals surface area contributed by atoms with Crippen LogP contribution >= 0.6 is 27.7 Å². The van der Waals surface area contributed by atoms with E-state index in [0.29, 0.717) is 6.04 Å². The van der Waals surface area contributed by atoms with Crippen LogP contribution in [0, 0.1) is 0 Å². The number of rotatable bonds is 5. The van der Waals surface area contributed by atoms with Gasteiger partial charge in [0.05, 0.1) is 0 Å². The third-order valence-corrected chi connectivity index (χ3v) is 4.04. The Bertz CT molecular complexity index is 366. The van der Waals surface area contributed by atoms with E-state index in [-0.39, 0.29) is 5.91 Å². The van der Waals surface area contributed by atoms with Crippen LogP contribution in [0.2, 0.25) is 0 Å². The maximum Gasteiger partial charge on any atom is 0.253 e. The van der Waals surface area contributed by atoms with Gasteiger partial charge in [-0.25, -0.2) is 0 Å². The molecule has 0 spiro atoms. The van der Waals surface area contributed by atoms with Gasteiger partial charge in [-0.05, 0) is 36.9 Å². The van der Waals surface area contributed by atoms with Gasteiger partial charge in [-0.15, -0.1) is 0 Å². The lowest BCUT2D eigenvalue weighted by Crippen LogP contribution is -2.38. The van der Waals surface area contributed by atoms with E-state index in [0.717, 1.165) is 22.2 Å². The van der Waals surface area contributed by atoms with Crippen LogP contribution in [0.4, 0.5) is 0 Å². The molecule has 1 atom stereocenters. The van der Waals surface area contributed by atoms with Crippen molar-refractivity contribution < 1.29 is 4.79 Å². The summed E-state index contributed by atoms with van der Waals surface area (Å²) in [4.78, 5) is 14.1. The third-order valence-electron chi connectivity index (χ3n) is 2.79. The van der Waals surface area contributed by atoms with Crippen LogP contribution < -0.4 is 0 Å². The van der Waals surface area contributed by atoms with Gasteiger partial charge in [0.2, 0.25) is 0 Å². The maximum atomic E-state index is 12.2. The van der Waals surface area contributed by atoms with Crippen molar-refractivity contribution in [3.05, 3.63) is 34.3 Å². The molecule has 0 aliphatic carbocycles.